The molecule has 5 heteroatoms. The second kappa shape index (κ2) is 8.52. The molecule has 2 aromatic rings. The number of carbonyl (C=O) groups excluding carboxylic acids is 1. The summed E-state index contributed by atoms with van der Waals surface area (Å²) in [5, 5.41) is 8.86. The Hall–Kier alpha value is -2.82. The molecule has 0 fully saturated rings. The lowest BCUT2D eigenvalue weighted by molar-refractivity contribution is -0.138. The molecule has 0 aromatic heterocycles. The van der Waals surface area contributed by atoms with E-state index in [1.165, 1.54) is 0 Å². The van der Waals surface area contributed by atoms with Gasteiger partial charge < -0.3 is 14.7 Å². The number of hydrogen-bond donors (Lipinski definition) is 1. The van der Waals surface area contributed by atoms with Gasteiger partial charge in [-0.25, -0.2) is 0 Å². The molecule has 0 atom stereocenters. The lowest BCUT2D eigenvalue weighted by Gasteiger charge is -2.23. The Kier molecular flexibility index (Phi) is 5.89. The van der Waals surface area contributed by atoms with Crippen molar-refractivity contribution in [2.24, 2.45) is 0 Å². The van der Waals surface area contributed by atoms with Crippen molar-refractivity contribution >= 4 is 11.9 Å². The molecule has 26 heavy (non-hydrogen) atoms. The monoisotopic (exact) mass is 353 g/mol. The Morgan fingerprint density at radius 1 is 1.08 bits per heavy atom. The van der Waals surface area contributed by atoms with Crippen LogP contribution >= 0.6 is 0 Å². The van der Waals surface area contributed by atoms with Crippen LogP contribution in [0.25, 0.3) is 0 Å². The van der Waals surface area contributed by atoms with Crippen LogP contribution in [0.3, 0.4) is 0 Å². The lowest BCUT2D eigenvalue weighted by atomic mass is 10.1. The van der Waals surface area contributed by atoms with Crippen LogP contribution in [0.5, 0.6) is 5.75 Å². The molecule has 0 spiro atoms. The summed E-state index contributed by atoms with van der Waals surface area (Å²) < 4.78 is 5.51. The third-order valence-electron chi connectivity index (χ3n) is 4.50. The first-order valence-corrected chi connectivity index (χ1v) is 8.90. The predicted octanol–water partition coefficient (Wildman–Crippen LogP) is 3.06. The van der Waals surface area contributed by atoms with Crippen LogP contribution in [-0.2, 0) is 29.0 Å². The summed E-state index contributed by atoms with van der Waals surface area (Å²) in [4.78, 5) is 25.4. The smallest absolute Gasteiger partial charge is 0.303 e. The fraction of sp³-hybridized carbons (Fsp3) is 0.333. The average molecular weight is 353 g/mol. The van der Waals surface area contributed by atoms with Gasteiger partial charge in [-0.15, -0.1) is 0 Å². The van der Waals surface area contributed by atoms with Gasteiger partial charge in [0.25, 0.3) is 0 Å². The number of hydrogen-bond acceptors (Lipinski definition) is 3. The second-order valence-corrected chi connectivity index (χ2v) is 6.52. The van der Waals surface area contributed by atoms with Crippen LogP contribution in [0, 0.1) is 0 Å². The number of amides is 1. The number of carboxylic acids is 1. The van der Waals surface area contributed by atoms with E-state index < -0.39 is 5.97 Å². The first-order chi connectivity index (χ1) is 12.6. The molecule has 2 aromatic carbocycles. The third kappa shape index (κ3) is 4.85. The molecule has 3 rings (SSSR count). The fourth-order valence-corrected chi connectivity index (χ4v) is 3.15. The molecule has 1 amide bonds. The van der Waals surface area contributed by atoms with Crippen molar-refractivity contribution in [2.45, 2.75) is 32.2 Å². The number of carboxylic acid groups (broad SMARTS) is 1. The summed E-state index contributed by atoms with van der Waals surface area (Å²) in [6.07, 6.45) is 1.71. The highest BCUT2D eigenvalue weighted by Crippen LogP contribution is 2.26. The third-order valence-corrected chi connectivity index (χ3v) is 4.50. The minimum absolute atomic E-state index is 0.0121. The first kappa shape index (κ1) is 18.0. The van der Waals surface area contributed by atoms with Gasteiger partial charge in [-0.2, -0.15) is 0 Å². The summed E-state index contributed by atoms with van der Waals surface area (Å²) in [6, 6.07) is 15.7. The normalized spacial score (nSPS) is 12.3. The van der Waals surface area contributed by atoms with Crippen molar-refractivity contribution < 1.29 is 19.4 Å². The van der Waals surface area contributed by atoms with E-state index >= 15 is 0 Å². The molecule has 136 valence electrons. The summed E-state index contributed by atoms with van der Waals surface area (Å²) in [5.41, 5.74) is 3.16. The van der Waals surface area contributed by atoms with Crippen LogP contribution in [0.2, 0.25) is 0 Å². The van der Waals surface area contributed by atoms with Crippen molar-refractivity contribution in [3.05, 3.63) is 65.2 Å². The summed E-state index contributed by atoms with van der Waals surface area (Å²) in [6.45, 7) is 1.63. The van der Waals surface area contributed by atoms with Crippen molar-refractivity contribution in [1.82, 2.24) is 4.90 Å². The standard InChI is InChI=1S/C21H23NO4/c23-20(14-17-8-9-19-18(13-17)10-12-26-19)22(11-4-7-21(24)25)15-16-5-2-1-3-6-16/h1-3,5-6,8-9,13H,4,7,10-12,14-15H2,(H,24,25). The van der Waals surface area contributed by atoms with Gasteiger partial charge in [0, 0.05) is 25.9 Å². The molecule has 0 saturated carbocycles. The van der Waals surface area contributed by atoms with Crippen LogP contribution in [-0.4, -0.2) is 35.0 Å². The second-order valence-electron chi connectivity index (χ2n) is 6.52. The zero-order valence-corrected chi connectivity index (χ0v) is 14.7. The average Bonchev–Trinajstić information content (AvgIpc) is 3.09. The molecule has 1 N–H and O–H groups in total. The van der Waals surface area contributed by atoms with Gasteiger partial charge in [0.05, 0.1) is 13.0 Å². The highest BCUT2D eigenvalue weighted by Gasteiger charge is 2.17. The molecular formula is C21H23NO4. The zero-order valence-electron chi connectivity index (χ0n) is 14.7. The number of rotatable bonds is 8. The number of benzene rings is 2. The van der Waals surface area contributed by atoms with E-state index in [1.807, 2.05) is 48.5 Å². The molecule has 0 bridgehead atoms. The maximum absolute atomic E-state index is 12.8. The number of aliphatic carboxylic acids is 1. The van der Waals surface area contributed by atoms with E-state index in [9.17, 15) is 9.59 Å². The van der Waals surface area contributed by atoms with E-state index in [0.717, 1.165) is 28.9 Å². The quantitative estimate of drug-likeness (QED) is 0.792. The predicted molar refractivity (Wildman–Crippen MR) is 98.1 cm³/mol. The molecule has 5 nitrogen and oxygen atoms in total. The minimum Gasteiger partial charge on any atom is -0.493 e. The largest absolute Gasteiger partial charge is 0.493 e. The topological polar surface area (TPSA) is 66.8 Å². The molecule has 1 aliphatic rings. The minimum atomic E-state index is -0.837. The fourth-order valence-electron chi connectivity index (χ4n) is 3.15. The van der Waals surface area contributed by atoms with Gasteiger partial charge in [-0.05, 0) is 29.2 Å². The SMILES string of the molecule is O=C(O)CCCN(Cc1ccccc1)C(=O)Cc1ccc2c(c1)CCO2. The molecule has 1 aliphatic heterocycles. The molecule has 0 aliphatic carbocycles. The molecule has 1 heterocycles. The number of nitrogens with zero attached hydrogens (tertiary/aromatic N) is 1. The lowest BCUT2D eigenvalue weighted by Crippen LogP contribution is -2.33. The van der Waals surface area contributed by atoms with Gasteiger partial charge >= 0.3 is 5.97 Å². The Bertz CT molecular complexity index is 773. The van der Waals surface area contributed by atoms with E-state index in [0.29, 0.717) is 32.5 Å². The van der Waals surface area contributed by atoms with Crippen molar-refractivity contribution in [3.63, 3.8) is 0 Å². The molecule has 0 radical (unpaired) electrons. The Morgan fingerprint density at radius 2 is 1.88 bits per heavy atom. The van der Waals surface area contributed by atoms with E-state index in [4.69, 9.17) is 9.84 Å². The number of carbonyl (C=O) groups is 2. The van der Waals surface area contributed by atoms with Gasteiger partial charge in [-0.1, -0.05) is 42.5 Å². The maximum atomic E-state index is 12.8. The van der Waals surface area contributed by atoms with Gasteiger partial charge in [0.1, 0.15) is 5.75 Å². The van der Waals surface area contributed by atoms with E-state index in [-0.39, 0.29) is 12.3 Å². The van der Waals surface area contributed by atoms with Crippen LogP contribution < -0.4 is 4.74 Å². The van der Waals surface area contributed by atoms with Gasteiger partial charge in [-0.3, -0.25) is 9.59 Å². The highest BCUT2D eigenvalue weighted by atomic mass is 16.5. The summed E-state index contributed by atoms with van der Waals surface area (Å²) >= 11 is 0. The zero-order chi connectivity index (χ0) is 18.4. The van der Waals surface area contributed by atoms with Crippen LogP contribution in [0.4, 0.5) is 0 Å². The Morgan fingerprint density at radius 3 is 2.65 bits per heavy atom. The molecule has 0 unspecified atom stereocenters. The van der Waals surface area contributed by atoms with Crippen molar-refractivity contribution in [2.75, 3.05) is 13.2 Å². The Balaban J connectivity index is 1.67. The summed E-state index contributed by atoms with van der Waals surface area (Å²) in [5.74, 6) is 0.0811. The molecule has 0 saturated heterocycles. The number of ether oxygens (including phenoxy) is 1. The van der Waals surface area contributed by atoms with Crippen molar-refractivity contribution in [3.8, 4) is 5.75 Å². The van der Waals surface area contributed by atoms with Gasteiger partial charge in [0.2, 0.25) is 5.91 Å². The maximum Gasteiger partial charge on any atom is 0.303 e. The molecular weight excluding hydrogens is 330 g/mol. The number of fused-ring (bicyclic) bond motifs is 1. The van der Waals surface area contributed by atoms with Crippen LogP contribution in [0.15, 0.2) is 48.5 Å². The van der Waals surface area contributed by atoms with Gasteiger partial charge in [0.15, 0.2) is 0 Å². The first-order valence-electron chi connectivity index (χ1n) is 8.90. The highest BCUT2D eigenvalue weighted by molar-refractivity contribution is 5.79. The van der Waals surface area contributed by atoms with E-state index in [2.05, 4.69) is 0 Å². The van der Waals surface area contributed by atoms with E-state index in [1.54, 1.807) is 4.90 Å². The summed E-state index contributed by atoms with van der Waals surface area (Å²) in [7, 11) is 0. The van der Waals surface area contributed by atoms with Crippen LogP contribution in [0.1, 0.15) is 29.5 Å². The Labute approximate surface area is 153 Å². The van der Waals surface area contributed by atoms with Crippen molar-refractivity contribution in [1.29, 1.82) is 0 Å².